The Bertz CT molecular complexity index is 1500. The molecular formula is C33H28N2. The summed E-state index contributed by atoms with van der Waals surface area (Å²) >= 11 is 0. The van der Waals surface area contributed by atoms with Gasteiger partial charge in [0, 0.05) is 28.2 Å². The first-order valence-electron chi connectivity index (χ1n) is 12.1. The number of nitrogen functional groups attached to an aromatic ring is 1. The van der Waals surface area contributed by atoms with Gasteiger partial charge in [0.25, 0.3) is 0 Å². The molecule has 1 aliphatic rings. The van der Waals surface area contributed by atoms with Crippen molar-refractivity contribution in [2.24, 2.45) is 0 Å². The van der Waals surface area contributed by atoms with Crippen molar-refractivity contribution < 1.29 is 0 Å². The van der Waals surface area contributed by atoms with Crippen LogP contribution in [0.1, 0.15) is 25.0 Å². The maximum Gasteiger partial charge on any atom is 0.0465 e. The number of hydrogen-bond acceptors (Lipinski definition) is 2. The Kier molecular flexibility index (Phi) is 4.96. The van der Waals surface area contributed by atoms with Crippen LogP contribution in [0.4, 0.5) is 22.7 Å². The van der Waals surface area contributed by atoms with Gasteiger partial charge in [-0.3, -0.25) is 0 Å². The molecule has 5 aromatic rings. The van der Waals surface area contributed by atoms with E-state index in [0.717, 1.165) is 22.7 Å². The van der Waals surface area contributed by atoms with Crippen LogP contribution in [-0.2, 0) is 5.41 Å². The van der Waals surface area contributed by atoms with E-state index in [0.29, 0.717) is 0 Å². The molecule has 0 amide bonds. The molecule has 0 aromatic heterocycles. The van der Waals surface area contributed by atoms with Crippen molar-refractivity contribution >= 4 is 22.7 Å². The van der Waals surface area contributed by atoms with Gasteiger partial charge in [0.1, 0.15) is 0 Å². The molecular weight excluding hydrogens is 424 g/mol. The summed E-state index contributed by atoms with van der Waals surface area (Å²) in [7, 11) is 0. The van der Waals surface area contributed by atoms with E-state index in [4.69, 9.17) is 5.73 Å². The van der Waals surface area contributed by atoms with Crippen LogP contribution in [-0.4, -0.2) is 0 Å². The van der Waals surface area contributed by atoms with E-state index in [2.05, 4.69) is 122 Å². The second-order valence-electron chi connectivity index (χ2n) is 9.74. The Morgan fingerprint density at radius 3 is 1.77 bits per heavy atom. The minimum absolute atomic E-state index is 0.0497. The number of nitrogens with zero attached hydrogens (tertiary/aromatic N) is 1. The predicted octanol–water partition coefficient (Wildman–Crippen LogP) is 8.71. The molecule has 2 heteroatoms. The topological polar surface area (TPSA) is 29.3 Å². The molecule has 35 heavy (non-hydrogen) atoms. The number of fused-ring (bicyclic) bond motifs is 3. The van der Waals surface area contributed by atoms with E-state index < -0.39 is 0 Å². The van der Waals surface area contributed by atoms with Crippen molar-refractivity contribution in [2.75, 3.05) is 10.6 Å². The third-order valence-corrected chi connectivity index (χ3v) is 7.21. The van der Waals surface area contributed by atoms with Gasteiger partial charge in [-0.2, -0.15) is 0 Å². The number of hydrogen-bond donors (Lipinski definition) is 1. The highest BCUT2D eigenvalue weighted by Gasteiger charge is 2.35. The molecule has 0 saturated heterocycles. The molecule has 6 rings (SSSR count). The summed E-state index contributed by atoms with van der Waals surface area (Å²) in [6.45, 7) is 4.65. The Morgan fingerprint density at radius 2 is 1.06 bits per heavy atom. The molecule has 0 heterocycles. The normalized spacial score (nSPS) is 13.2. The molecule has 0 aliphatic heterocycles. The van der Waals surface area contributed by atoms with E-state index in [1.165, 1.54) is 33.4 Å². The van der Waals surface area contributed by atoms with Gasteiger partial charge in [0.2, 0.25) is 0 Å². The summed E-state index contributed by atoms with van der Waals surface area (Å²) in [5.74, 6) is 0. The van der Waals surface area contributed by atoms with Gasteiger partial charge >= 0.3 is 0 Å². The highest BCUT2D eigenvalue weighted by Crippen LogP contribution is 2.50. The third-order valence-electron chi connectivity index (χ3n) is 7.21. The molecule has 0 spiro atoms. The third kappa shape index (κ3) is 3.59. The molecule has 0 saturated carbocycles. The predicted molar refractivity (Wildman–Crippen MR) is 149 cm³/mol. The van der Waals surface area contributed by atoms with Gasteiger partial charge < -0.3 is 10.6 Å². The van der Waals surface area contributed by atoms with Crippen molar-refractivity contribution in [3.8, 4) is 22.3 Å². The van der Waals surface area contributed by atoms with Crippen LogP contribution < -0.4 is 10.6 Å². The van der Waals surface area contributed by atoms with Crippen molar-refractivity contribution in [2.45, 2.75) is 19.3 Å². The quantitative estimate of drug-likeness (QED) is 0.276. The van der Waals surface area contributed by atoms with Crippen LogP contribution >= 0.6 is 0 Å². The SMILES string of the molecule is CC1(C)c2ccccc2-c2ccc(N(c3ccc(N)cc3)c3ccc(-c4ccccc4)cc3)cc21. The lowest BCUT2D eigenvalue weighted by Crippen LogP contribution is -2.16. The van der Waals surface area contributed by atoms with E-state index in [1.54, 1.807) is 0 Å². The summed E-state index contributed by atoms with van der Waals surface area (Å²) in [6, 6.07) is 43.0. The zero-order chi connectivity index (χ0) is 24.0. The van der Waals surface area contributed by atoms with Gasteiger partial charge in [-0.05, 0) is 81.9 Å². The fourth-order valence-electron chi connectivity index (χ4n) is 5.34. The summed E-state index contributed by atoms with van der Waals surface area (Å²) < 4.78 is 0. The van der Waals surface area contributed by atoms with Crippen molar-refractivity contribution in [1.29, 1.82) is 0 Å². The largest absolute Gasteiger partial charge is 0.399 e. The zero-order valence-electron chi connectivity index (χ0n) is 20.1. The van der Waals surface area contributed by atoms with Crippen LogP contribution in [0.2, 0.25) is 0 Å². The molecule has 1 aliphatic carbocycles. The van der Waals surface area contributed by atoms with Gasteiger partial charge in [-0.1, -0.05) is 86.6 Å². The van der Waals surface area contributed by atoms with Crippen LogP contribution in [0, 0.1) is 0 Å². The molecule has 5 aromatic carbocycles. The van der Waals surface area contributed by atoms with E-state index in [1.807, 2.05) is 18.2 Å². The van der Waals surface area contributed by atoms with Gasteiger partial charge in [0.05, 0.1) is 0 Å². The molecule has 2 nitrogen and oxygen atoms in total. The summed E-state index contributed by atoms with van der Waals surface area (Å²) in [4.78, 5) is 2.31. The van der Waals surface area contributed by atoms with Gasteiger partial charge in [0.15, 0.2) is 0 Å². The first-order valence-corrected chi connectivity index (χ1v) is 12.1. The van der Waals surface area contributed by atoms with Crippen molar-refractivity contribution in [3.05, 3.63) is 132 Å². The van der Waals surface area contributed by atoms with E-state index in [9.17, 15) is 0 Å². The van der Waals surface area contributed by atoms with Crippen LogP contribution in [0.25, 0.3) is 22.3 Å². The Balaban J connectivity index is 1.47. The first kappa shape index (κ1) is 21.2. The van der Waals surface area contributed by atoms with Crippen LogP contribution in [0.15, 0.2) is 121 Å². The Labute approximate surface area is 207 Å². The van der Waals surface area contributed by atoms with E-state index in [-0.39, 0.29) is 5.41 Å². The number of benzene rings is 5. The van der Waals surface area contributed by atoms with Crippen molar-refractivity contribution in [3.63, 3.8) is 0 Å². The van der Waals surface area contributed by atoms with Crippen LogP contribution in [0.3, 0.4) is 0 Å². The van der Waals surface area contributed by atoms with Crippen molar-refractivity contribution in [1.82, 2.24) is 0 Å². The lowest BCUT2D eigenvalue weighted by Gasteiger charge is -2.28. The molecule has 0 bridgehead atoms. The molecule has 0 atom stereocenters. The summed E-state index contributed by atoms with van der Waals surface area (Å²) in [5, 5.41) is 0. The first-order chi connectivity index (χ1) is 17.0. The minimum Gasteiger partial charge on any atom is -0.399 e. The maximum atomic E-state index is 6.03. The highest BCUT2D eigenvalue weighted by molar-refractivity contribution is 5.86. The lowest BCUT2D eigenvalue weighted by atomic mass is 9.82. The maximum absolute atomic E-state index is 6.03. The number of anilines is 4. The highest BCUT2D eigenvalue weighted by atomic mass is 15.1. The summed E-state index contributed by atoms with van der Waals surface area (Å²) in [5.41, 5.74) is 17.9. The minimum atomic E-state index is -0.0497. The fourth-order valence-corrected chi connectivity index (χ4v) is 5.34. The Hall–Kier alpha value is -4.30. The van der Waals surface area contributed by atoms with E-state index >= 15 is 0 Å². The number of nitrogens with two attached hydrogens (primary N) is 1. The lowest BCUT2D eigenvalue weighted by molar-refractivity contribution is 0.660. The molecule has 2 N–H and O–H groups in total. The monoisotopic (exact) mass is 452 g/mol. The number of rotatable bonds is 4. The van der Waals surface area contributed by atoms with Gasteiger partial charge in [-0.25, -0.2) is 0 Å². The smallest absolute Gasteiger partial charge is 0.0465 e. The average molecular weight is 453 g/mol. The zero-order valence-corrected chi connectivity index (χ0v) is 20.1. The molecule has 170 valence electrons. The van der Waals surface area contributed by atoms with Crippen LogP contribution in [0.5, 0.6) is 0 Å². The average Bonchev–Trinajstić information content (AvgIpc) is 3.13. The van der Waals surface area contributed by atoms with Gasteiger partial charge in [-0.15, -0.1) is 0 Å². The second kappa shape index (κ2) is 8.18. The summed E-state index contributed by atoms with van der Waals surface area (Å²) in [6.07, 6.45) is 0. The fraction of sp³-hybridized carbons (Fsp3) is 0.0909. The Morgan fingerprint density at radius 1 is 0.514 bits per heavy atom. The molecule has 0 unspecified atom stereocenters. The standard InChI is InChI=1S/C33H28N2/c1-33(2)31-11-7-6-10-29(31)30-21-20-28(22-32(30)33)35(27-18-14-25(34)15-19-27)26-16-12-24(13-17-26)23-8-4-3-5-9-23/h3-22H,34H2,1-2H3. The molecule has 0 radical (unpaired) electrons. The molecule has 0 fully saturated rings. The second-order valence-corrected chi connectivity index (χ2v) is 9.74.